The zero-order valence-electron chi connectivity index (χ0n) is 38.4. The molecular weight excluding hydrogens is 912 g/mol. The van der Waals surface area contributed by atoms with Gasteiger partial charge in [-0.05, 0) is 0 Å². The zero-order chi connectivity index (χ0) is 50.5. The van der Waals surface area contributed by atoms with Crippen LogP contribution in [0.3, 0.4) is 0 Å². The molecule has 3 rings (SSSR count). The molecule has 27 nitrogen and oxygen atoms in total. The lowest BCUT2D eigenvalue weighted by Gasteiger charge is -2.46. The van der Waals surface area contributed by atoms with Gasteiger partial charge in [-0.25, -0.2) is 0 Å². The Morgan fingerprint density at radius 2 is 0.701 bits per heavy atom. The lowest BCUT2D eigenvalue weighted by molar-refractivity contribution is -0.385. The second-order valence-corrected chi connectivity index (χ2v) is 14.9. The molecule has 3 saturated heterocycles. The van der Waals surface area contributed by atoms with Crippen LogP contribution in [0.15, 0.2) is 0 Å². The van der Waals surface area contributed by atoms with Crippen molar-refractivity contribution in [3.8, 4) is 0 Å². The van der Waals surface area contributed by atoms with E-state index in [1.54, 1.807) is 0 Å². The van der Waals surface area contributed by atoms with E-state index in [-0.39, 0.29) is 0 Å². The Morgan fingerprint density at radius 1 is 0.358 bits per heavy atom. The molecule has 0 N–H and O–H groups in total. The first-order valence-electron chi connectivity index (χ1n) is 20.3. The van der Waals surface area contributed by atoms with Crippen molar-refractivity contribution in [1.29, 1.82) is 0 Å². The van der Waals surface area contributed by atoms with Crippen molar-refractivity contribution in [2.45, 2.75) is 162 Å². The molecule has 0 spiro atoms. The van der Waals surface area contributed by atoms with Gasteiger partial charge in [0.25, 0.3) is 0 Å². The molecule has 0 saturated carbocycles. The zero-order valence-corrected chi connectivity index (χ0v) is 38.4. The fraction of sp³-hybridized carbons (Fsp3) is 0.725. The highest BCUT2D eigenvalue weighted by molar-refractivity contribution is 5.71. The first-order valence-corrected chi connectivity index (χ1v) is 20.3. The summed E-state index contributed by atoms with van der Waals surface area (Å²) < 4.78 is 90.3. The molecule has 0 aromatic carbocycles. The van der Waals surface area contributed by atoms with Crippen LogP contribution >= 0.6 is 0 Å². The monoisotopic (exact) mass is 966 g/mol. The quantitative estimate of drug-likeness (QED) is 0.107. The van der Waals surface area contributed by atoms with Crippen molar-refractivity contribution in [1.82, 2.24) is 0 Å². The van der Waals surface area contributed by atoms with E-state index in [4.69, 9.17) is 75.8 Å². The SMILES string of the molecule is CC(=O)OC[C@H]1O[C@@H](OC[C@H]2O[C@@](COC(C)=O)(O[C@H]3O[C@H](COC(C)=O)[C@@H](OC(C)=O)[C@H](OC(C)=O)[C@H]3OC(C)=O)[C@@H](OC(C)=O)[C@@H]2OC(C)=O)[C@H](OC(C)=O)[C@@H](OC(C)=O)[C@H]1OC(C)=O. The molecule has 67 heavy (non-hydrogen) atoms. The maximum atomic E-state index is 12.9. The minimum Gasteiger partial charge on any atom is -0.463 e. The Balaban J connectivity index is 2.26. The summed E-state index contributed by atoms with van der Waals surface area (Å²) in [6, 6.07) is 0. The van der Waals surface area contributed by atoms with Gasteiger partial charge in [-0.1, -0.05) is 0 Å². The highest BCUT2D eigenvalue weighted by Gasteiger charge is 2.65. The summed E-state index contributed by atoms with van der Waals surface area (Å²) in [6.07, 6.45) is -23.1. The van der Waals surface area contributed by atoms with Crippen LogP contribution in [0.5, 0.6) is 0 Å². The van der Waals surface area contributed by atoms with Gasteiger partial charge in [-0.2, -0.15) is 0 Å². The summed E-state index contributed by atoms with van der Waals surface area (Å²) in [5.74, 6) is -13.4. The number of rotatable bonds is 19. The molecule has 0 aliphatic carbocycles. The predicted molar refractivity (Wildman–Crippen MR) is 206 cm³/mol. The molecule has 14 atom stereocenters. The van der Waals surface area contributed by atoms with Crippen LogP contribution in [-0.4, -0.2) is 178 Å². The van der Waals surface area contributed by atoms with Crippen LogP contribution in [-0.2, 0) is 129 Å². The van der Waals surface area contributed by atoms with E-state index in [9.17, 15) is 52.7 Å². The van der Waals surface area contributed by atoms with Crippen molar-refractivity contribution in [2.24, 2.45) is 0 Å². The highest BCUT2D eigenvalue weighted by atomic mass is 16.8. The minimum absolute atomic E-state index is 0.641. The molecule has 0 radical (unpaired) electrons. The Labute approximate surface area is 382 Å². The van der Waals surface area contributed by atoms with Crippen LogP contribution in [0, 0.1) is 0 Å². The predicted octanol–water partition coefficient (Wildman–Crippen LogP) is -1.29. The Hall–Kier alpha value is -6.03. The Morgan fingerprint density at radius 3 is 1.09 bits per heavy atom. The largest absolute Gasteiger partial charge is 0.463 e. The van der Waals surface area contributed by atoms with Gasteiger partial charge in [-0.15, -0.1) is 0 Å². The van der Waals surface area contributed by atoms with E-state index < -0.39 is 178 Å². The van der Waals surface area contributed by atoms with E-state index in [1.807, 2.05) is 0 Å². The van der Waals surface area contributed by atoms with Crippen molar-refractivity contribution >= 4 is 65.7 Å². The fourth-order valence-electron chi connectivity index (χ4n) is 7.07. The number of carbonyl (C=O) groups excluding carboxylic acids is 11. The molecule has 0 aromatic heterocycles. The van der Waals surface area contributed by atoms with Crippen LogP contribution in [0.25, 0.3) is 0 Å². The third kappa shape index (κ3) is 16.4. The molecule has 0 unspecified atom stereocenters. The van der Waals surface area contributed by atoms with Gasteiger partial charge < -0.3 is 75.8 Å². The fourth-order valence-corrected chi connectivity index (χ4v) is 7.07. The van der Waals surface area contributed by atoms with Crippen molar-refractivity contribution < 1.29 is 129 Å². The summed E-state index contributed by atoms with van der Waals surface area (Å²) in [7, 11) is 0. The minimum atomic E-state index is -2.73. The van der Waals surface area contributed by atoms with Crippen LogP contribution in [0.1, 0.15) is 76.2 Å². The van der Waals surface area contributed by atoms with Gasteiger partial charge in [-0.3, -0.25) is 52.7 Å². The van der Waals surface area contributed by atoms with Crippen LogP contribution in [0.2, 0.25) is 0 Å². The highest BCUT2D eigenvalue weighted by Crippen LogP contribution is 2.42. The number of carbonyl (C=O) groups is 11. The van der Waals surface area contributed by atoms with Gasteiger partial charge in [0.1, 0.15) is 38.1 Å². The lowest BCUT2D eigenvalue weighted by Crippen LogP contribution is -2.65. The Bertz CT molecular complexity index is 1860. The third-order valence-corrected chi connectivity index (χ3v) is 9.16. The maximum absolute atomic E-state index is 12.9. The molecule has 3 aliphatic heterocycles. The molecule has 0 aromatic rings. The average molecular weight is 967 g/mol. The average Bonchev–Trinajstić information content (AvgIpc) is 3.44. The van der Waals surface area contributed by atoms with Gasteiger partial charge in [0.05, 0.1) is 6.61 Å². The summed E-state index contributed by atoms with van der Waals surface area (Å²) in [6.45, 7) is 7.50. The molecular formula is C40H54O27. The van der Waals surface area contributed by atoms with E-state index >= 15 is 0 Å². The van der Waals surface area contributed by atoms with Gasteiger partial charge in [0.2, 0.25) is 12.1 Å². The molecule has 3 fully saturated rings. The number of hydrogen-bond acceptors (Lipinski definition) is 27. The van der Waals surface area contributed by atoms with E-state index in [1.165, 1.54) is 0 Å². The number of ether oxygens (including phenoxy) is 16. The second kappa shape index (κ2) is 24.7. The Kier molecular flexibility index (Phi) is 20.3. The van der Waals surface area contributed by atoms with Crippen LogP contribution in [0.4, 0.5) is 0 Å². The molecule has 27 heteroatoms. The normalized spacial score (nSPS) is 31.1. The van der Waals surface area contributed by atoms with Crippen molar-refractivity contribution in [2.75, 3.05) is 26.4 Å². The number of hydrogen-bond donors (Lipinski definition) is 0. The lowest BCUT2D eigenvalue weighted by atomic mass is 9.97. The van der Waals surface area contributed by atoms with E-state index in [0.717, 1.165) is 76.2 Å². The van der Waals surface area contributed by atoms with Crippen molar-refractivity contribution in [3.05, 3.63) is 0 Å². The molecule has 376 valence electrons. The van der Waals surface area contributed by atoms with Gasteiger partial charge >= 0.3 is 65.7 Å². The summed E-state index contributed by atoms with van der Waals surface area (Å²) >= 11 is 0. The maximum Gasteiger partial charge on any atom is 0.303 e. The first-order chi connectivity index (χ1) is 31.2. The third-order valence-electron chi connectivity index (χ3n) is 9.16. The van der Waals surface area contributed by atoms with Crippen molar-refractivity contribution in [3.63, 3.8) is 0 Å². The molecule has 3 heterocycles. The topological polar surface area (TPSA) is 335 Å². The van der Waals surface area contributed by atoms with Gasteiger partial charge in [0, 0.05) is 76.2 Å². The first kappa shape index (κ1) is 55.3. The second-order valence-electron chi connectivity index (χ2n) is 14.9. The molecule has 3 aliphatic rings. The van der Waals surface area contributed by atoms with Crippen LogP contribution < -0.4 is 0 Å². The summed E-state index contributed by atoms with van der Waals surface area (Å²) in [5, 5.41) is 0. The summed E-state index contributed by atoms with van der Waals surface area (Å²) in [4.78, 5) is 137. The standard InChI is InChI=1S/C40H54O27/c1-16(41)52-12-27-30(56-19(4)44)33(59-22(7)47)35(61-24(9)49)38(64-27)54-14-29-32(58-21(6)46)37(63-26(11)51)40(66-29,15-55-18(3)43)67-39-36(62-25(10)50)34(60-23(8)48)31(57-20(5)45)28(65-39)13-53-17(2)42/h27-39H,12-15H2,1-11H3/t27-,28-,29-,30+,31-,32-,33+,34+,35-,36-,37+,38-,39-,40+/m1/s1. The molecule has 0 amide bonds. The van der Waals surface area contributed by atoms with Gasteiger partial charge in [0.15, 0.2) is 55.1 Å². The van der Waals surface area contributed by atoms with E-state index in [2.05, 4.69) is 0 Å². The number of esters is 11. The smallest absolute Gasteiger partial charge is 0.303 e. The molecule has 0 bridgehead atoms. The summed E-state index contributed by atoms with van der Waals surface area (Å²) in [5.41, 5.74) is 0. The van der Waals surface area contributed by atoms with E-state index in [0.29, 0.717) is 0 Å².